The minimum absolute atomic E-state index is 0.978. The monoisotopic (exact) mass is 168 g/mol. The lowest BCUT2D eigenvalue weighted by atomic mass is 9.99. The van der Waals surface area contributed by atoms with Crippen molar-refractivity contribution in [2.75, 3.05) is 33.2 Å². The van der Waals surface area contributed by atoms with E-state index in [0.29, 0.717) is 0 Å². The fraction of sp³-hybridized carbons (Fsp3) is 1.00. The van der Waals surface area contributed by atoms with Crippen LogP contribution >= 0.6 is 0 Å². The van der Waals surface area contributed by atoms with E-state index in [0.717, 1.165) is 11.8 Å². The molecule has 1 N–H and O–H groups in total. The van der Waals surface area contributed by atoms with Crippen LogP contribution in [0.1, 0.15) is 19.3 Å². The molecule has 2 fully saturated rings. The Balaban J connectivity index is 1.51. The summed E-state index contributed by atoms with van der Waals surface area (Å²) in [7, 11) is 2.27. The van der Waals surface area contributed by atoms with Gasteiger partial charge in [-0.15, -0.1) is 0 Å². The third-order valence-electron chi connectivity index (χ3n) is 3.05. The van der Waals surface area contributed by atoms with Gasteiger partial charge in [0.2, 0.25) is 0 Å². The predicted octanol–water partition coefficient (Wildman–Crippen LogP) is 0.938. The summed E-state index contributed by atoms with van der Waals surface area (Å²) < 4.78 is 0. The lowest BCUT2D eigenvalue weighted by molar-refractivity contribution is 0.251. The van der Waals surface area contributed by atoms with Crippen molar-refractivity contribution < 1.29 is 0 Å². The molecule has 1 saturated carbocycles. The molecule has 2 rings (SSSR count). The van der Waals surface area contributed by atoms with Crippen molar-refractivity contribution in [1.29, 1.82) is 0 Å². The van der Waals surface area contributed by atoms with Gasteiger partial charge in [0.05, 0.1) is 0 Å². The molecule has 1 aliphatic carbocycles. The third kappa shape index (κ3) is 2.46. The van der Waals surface area contributed by atoms with Crippen molar-refractivity contribution in [3.05, 3.63) is 0 Å². The first kappa shape index (κ1) is 8.52. The average molecular weight is 168 g/mol. The van der Waals surface area contributed by atoms with Crippen LogP contribution < -0.4 is 5.32 Å². The Labute approximate surface area is 75.3 Å². The average Bonchev–Trinajstić information content (AvgIpc) is 2.68. The van der Waals surface area contributed by atoms with Gasteiger partial charge in [0, 0.05) is 6.54 Å². The molecule has 1 aliphatic heterocycles. The molecule has 0 aromatic carbocycles. The van der Waals surface area contributed by atoms with Crippen molar-refractivity contribution in [1.82, 2.24) is 10.2 Å². The second-order valence-corrected chi connectivity index (χ2v) is 4.52. The number of hydrogen-bond donors (Lipinski definition) is 1. The van der Waals surface area contributed by atoms with Crippen LogP contribution in [0.2, 0.25) is 0 Å². The Morgan fingerprint density at radius 3 is 2.50 bits per heavy atom. The van der Waals surface area contributed by atoms with Gasteiger partial charge in [-0.3, -0.25) is 0 Å². The number of nitrogens with one attached hydrogen (secondary N) is 1. The van der Waals surface area contributed by atoms with E-state index >= 15 is 0 Å². The topological polar surface area (TPSA) is 15.3 Å². The van der Waals surface area contributed by atoms with Gasteiger partial charge in [-0.05, 0) is 57.8 Å². The molecule has 1 saturated heterocycles. The molecule has 12 heavy (non-hydrogen) atoms. The molecule has 1 heterocycles. The minimum atomic E-state index is 0.978. The molecule has 0 bridgehead atoms. The fourth-order valence-corrected chi connectivity index (χ4v) is 1.79. The SMILES string of the molecule is CN(CCC1CNC1)CC1CC1. The van der Waals surface area contributed by atoms with Gasteiger partial charge in [0.15, 0.2) is 0 Å². The van der Waals surface area contributed by atoms with Gasteiger partial charge in [-0.2, -0.15) is 0 Å². The summed E-state index contributed by atoms with van der Waals surface area (Å²) in [6.45, 7) is 5.18. The van der Waals surface area contributed by atoms with Crippen molar-refractivity contribution in [2.24, 2.45) is 11.8 Å². The summed E-state index contributed by atoms with van der Waals surface area (Å²) in [6, 6.07) is 0. The first-order valence-corrected chi connectivity index (χ1v) is 5.24. The van der Waals surface area contributed by atoms with Gasteiger partial charge in [-0.1, -0.05) is 0 Å². The van der Waals surface area contributed by atoms with Crippen molar-refractivity contribution in [3.8, 4) is 0 Å². The van der Waals surface area contributed by atoms with Gasteiger partial charge < -0.3 is 10.2 Å². The maximum Gasteiger partial charge on any atom is 0.000661 e. The van der Waals surface area contributed by atoms with E-state index in [-0.39, 0.29) is 0 Å². The zero-order valence-electron chi connectivity index (χ0n) is 8.05. The van der Waals surface area contributed by atoms with Crippen LogP contribution in [-0.4, -0.2) is 38.1 Å². The molecule has 0 aromatic heterocycles. The molecular weight excluding hydrogens is 148 g/mol. The smallest absolute Gasteiger partial charge is 0.000661 e. The molecule has 0 unspecified atom stereocenters. The largest absolute Gasteiger partial charge is 0.316 e. The van der Waals surface area contributed by atoms with Crippen LogP contribution in [0, 0.1) is 11.8 Å². The number of rotatable bonds is 5. The maximum absolute atomic E-state index is 3.32. The van der Waals surface area contributed by atoms with Crippen LogP contribution in [-0.2, 0) is 0 Å². The fourth-order valence-electron chi connectivity index (χ4n) is 1.79. The van der Waals surface area contributed by atoms with Crippen LogP contribution in [0.4, 0.5) is 0 Å². The van der Waals surface area contributed by atoms with E-state index in [1.54, 1.807) is 0 Å². The molecule has 0 atom stereocenters. The highest BCUT2D eigenvalue weighted by Gasteiger charge is 2.23. The number of nitrogens with zero attached hydrogens (tertiary/aromatic N) is 1. The summed E-state index contributed by atoms with van der Waals surface area (Å²) >= 11 is 0. The van der Waals surface area contributed by atoms with Crippen molar-refractivity contribution in [3.63, 3.8) is 0 Å². The zero-order chi connectivity index (χ0) is 8.39. The maximum atomic E-state index is 3.32. The molecule has 2 nitrogen and oxygen atoms in total. The minimum Gasteiger partial charge on any atom is -0.316 e. The van der Waals surface area contributed by atoms with Crippen LogP contribution in [0.15, 0.2) is 0 Å². The van der Waals surface area contributed by atoms with E-state index in [1.165, 1.54) is 45.4 Å². The Hall–Kier alpha value is -0.0800. The molecule has 0 spiro atoms. The molecule has 0 amide bonds. The number of hydrogen-bond acceptors (Lipinski definition) is 2. The second kappa shape index (κ2) is 3.75. The summed E-state index contributed by atoms with van der Waals surface area (Å²) in [5.74, 6) is 2.03. The summed E-state index contributed by atoms with van der Waals surface area (Å²) in [5.41, 5.74) is 0. The highest BCUT2D eigenvalue weighted by atomic mass is 15.1. The standard InChI is InChI=1S/C10H20N2/c1-12(8-9-2-3-9)5-4-10-6-11-7-10/h9-11H,2-8H2,1H3. The molecule has 0 radical (unpaired) electrons. The zero-order valence-corrected chi connectivity index (χ0v) is 8.05. The van der Waals surface area contributed by atoms with Crippen LogP contribution in [0.3, 0.4) is 0 Å². The molecule has 0 aromatic rings. The Kier molecular flexibility index (Phi) is 2.66. The molecule has 2 aliphatic rings. The quantitative estimate of drug-likeness (QED) is 0.657. The van der Waals surface area contributed by atoms with Gasteiger partial charge in [-0.25, -0.2) is 0 Å². The van der Waals surface area contributed by atoms with Gasteiger partial charge >= 0.3 is 0 Å². The first-order valence-electron chi connectivity index (χ1n) is 5.24. The highest BCUT2D eigenvalue weighted by Crippen LogP contribution is 2.29. The van der Waals surface area contributed by atoms with E-state index in [9.17, 15) is 0 Å². The van der Waals surface area contributed by atoms with Crippen LogP contribution in [0.25, 0.3) is 0 Å². The summed E-state index contributed by atoms with van der Waals surface area (Å²) in [4.78, 5) is 2.51. The second-order valence-electron chi connectivity index (χ2n) is 4.52. The summed E-state index contributed by atoms with van der Waals surface area (Å²) in [6.07, 6.45) is 4.36. The Morgan fingerprint density at radius 1 is 1.25 bits per heavy atom. The van der Waals surface area contributed by atoms with Gasteiger partial charge in [0.25, 0.3) is 0 Å². The Morgan fingerprint density at radius 2 is 2.00 bits per heavy atom. The Bertz CT molecular complexity index is 139. The predicted molar refractivity (Wildman–Crippen MR) is 51.2 cm³/mol. The highest BCUT2D eigenvalue weighted by molar-refractivity contribution is 4.78. The summed E-state index contributed by atoms with van der Waals surface area (Å²) in [5, 5.41) is 3.32. The lowest BCUT2D eigenvalue weighted by Gasteiger charge is -2.29. The third-order valence-corrected chi connectivity index (χ3v) is 3.05. The molecular formula is C10H20N2. The van der Waals surface area contributed by atoms with E-state index in [4.69, 9.17) is 0 Å². The van der Waals surface area contributed by atoms with Crippen molar-refractivity contribution >= 4 is 0 Å². The lowest BCUT2D eigenvalue weighted by Crippen LogP contribution is -2.43. The molecule has 70 valence electrons. The first-order chi connectivity index (χ1) is 5.84. The van der Waals surface area contributed by atoms with E-state index < -0.39 is 0 Å². The van der Waals surface area contributed by atoms with Crippen LogP contribution in [0.5, 0.6) is 0 Å². The van der Waals surface area contributed by atoms with E-state index in [1.807, 2.05) is 0 Å². The van der Waals surface area contributed by atoms with E-state index in [2.05, 4.69) is 17.3 Å². The van der Waals surface area contributed by atoms with Gasteiger partial charge in [0.1, 0.15) is 0 Å². The molecule has 2 heteroatoms. The van der Waals surface area contributed by atoms with Crippen molar-refractivity contribution in [2.45, 2.75) is 19.3 Å². The normalized spacial score (nSPS) is 24.5.